The molecular weight excluding hydrogens is 345 g/mol. The molecule has 0 aromatic rings. The number of aliphatic hydroxyl groups is 1. The molecule has 27 heavy (non-hydrogen) atoms. The number of hydrogen-bond donors (Lipinski definition) is 1. The fraction of sp³-hybridized carbons (Fsp3) is 0.773. The highest BCUT2D eigenvalue weighted by Crippen LogP contribution is 2.70. The summed E-state index contributed by atoms with van der Waals surface area (Å²) >= 11 is 0. The number of allylic oxidation sites excluding steroid dienone is 1. The highest BCUT2D eigenvalue weighted by atomic mass is 19.1. The summed E-state index contributed by atoms with van der Waals surface area (Å²) in [7, 11) is 0. The minimum Gasteiger partial charge on any atom is -0.390 e. The molecular formula is C22H28FNO3. The van der Waals surface area contributed by atoms with Gasteiger partial charge in [-0.1, -0.05) is 19.4 Å². The molecule has 0 amide bonds. The minimum absolute atomic E-state index is 0.0315. The maximum atomic E-state index is 16.9. The van der Waals surface area contributed by atoms with Gasteiger partial charge in [-0.05, 0) is 56.4 Å². The molecule has 4 aliphatic carbocycles. The van der Waals surface area contributed by atoms with Crippen molar-refractivity contribution in [3.63, 3.8) is 0 Å². The first-order valence-electron chi connectivity index (χ1n) is 10.1. The Labute approximate surface area is 159 Å². The second-order valence-electron chi connectivity index (χ2n) is 9.77. The molecule has 146 valence electrons. The van der Waals surface area contributed by atoms with Crippen LogP contribution in [-0.4, -0.2) is 28.4 Å². The number of carbonyl (C=O) groups is 2. The number of fused-ring (bicyclic) bond motifs is 5. The van der Waals surface area contributed by atoms with E-state index in [0.29, 0.717) is 32.1 Å². The van der Waals surface area contributed by atoms with Crippen LogP contribution < -0.4 is 0 Å². The van der Waals surface area contributed by atoms with Gasteiger partial charge in [-0.15, -0.1) is 0 Å². The zero-order chi connectivity index (χ0) is 19.8. The van der Waals surface area contributed by atoms with Gasteiger partial charge in [0.25, 0.3) is 0 Å². The zero-order valence-corrected chi connectivity index (χ0v) is 16.3. The summed E-state index contributed by atoms with van der Waals surface area (Å²) in [5, 5.41) is 20.8. The molecule has 2 unspecified atom stereocenters. The third-order valence-corrected chi connectivity index (χ3v) is 8.70. The predicted octanol–water partition coefficient (Wildman–Crippen LogP) is 3.54. The molecule has 0 spiro atoms. The van der Waals surface area contributed by atoms with Crippen molar-refractivity contribution in [1.82, 2.24) is 0 Å². The molecule has 4 aliphatic rings. The number of ketones is 2. The minimum atomic E-state index is -1.81. The average molecular weight is 373 g/mol. The van der Waals surface area contributed by atoms with Crippen LogP contribution >= 0.6 is 0 Å². The number of rotatable bonds is 1. The van der Waals surface area contributed by atoms with Crippen LogP contribution in [0.2, 0.25) is 0 Å². The van der Waals surface area contributed by atoms with Gasteiger partial charge in [0.2, 0.25) is 0 Å². The topological polar surface area (TPSA) is 78.2 Å². The molecule has 1 N–H and O–H groups in total. The van der Waals surface area contributed by atoms with E-state index < -0.39 is 34.4 Å². The maximum absolute atomic E-state index is 16.9. The third kappa shape index (κ3) is 2.17. The number of halogens is 1. The highest BCUT2D eigenvalue weighted by molar-refractivity contribution is 5.91. The van der Waals surface area contributed by atoms with Crippen LogP contribution in [0.1, 0.15) is 59.3 Å². The summed E-state index contributed by atoms with van der Waals surface area (Å²) in [6.45, 7) is 5.35. The molecule has 8 atom stereocenters. The summed E-state index contributed by atoms with van der Waals surface area (Å²) < 4.78 is 16.9. The Bertz CT molecular complexity index is 785. The Morgan fingerprint density at radius 3 is 2.67 bits per heavy atom. The molecule has 0 saturated heterocycles. The molecule has 0 radical (unpaired) electrons. The number of nitriles is 1. The van der Waals surface area contributed by atoms with Crippen molar-refractivity contribution < 1.29 is 19.1 Å². The fourth-order valence-electron chi connectivity index (χ4n) is 7.50. The Morgan fingerprint density at radius 1 is 1.33 bits per heavy atom. The van der Waals surface area contributed by atoms with Crippen molar-refractivity contribution >= 4 is 11.6 Å². The average Bonchev–Trinajstić information content (AvgIpc) is 2.89. The van der Waals surface area contributed by atoms with Gasteiger partial charge in [-0.3, -0.25) is 9.59 Å². The molecule has 0 aliphatic heterocycles. The Balaban J connectivity index is 1.82. The lowest BCUT2D eigenvalue weighted by atomic mass is 9.44. The van der Waals surface area contributed by atoms with Crippen LogP contribution in [0.15, 0.2) is 11.6 Å². The summed E-state index contributed by atoms with van der Waals surface area (Å²) in [6.07, 6.45) is 3.08. The van der Waals surface area contributed by atoms with E-state index in [1.54, 1.807) is 6.08 Å². The van der Waals surface area contributed by atoms with Crippen LogP contribution in [0, 0.1) is 45.8 Å². The van der Waals surface area contributed by atoms with Gasteiger partial charge in [-0.25, -0.2) is 4.39 Å². The van der Waals surface area contributed by atoms with E-state index >= 15 is 4.39 Å². The summed E-state index contributed by atoms with van der Waals surface area (Å²) in [5.74, 6) is -1.32. The number of alkyl halides is 1. The van der Waals surface area contributed by atoms with Crippen LogP contribution in [0.3, 0.4) is 0 Å². The zero-order valence-electron chi connectivity index (χ0n) is 16.3. The molecule has 3 saturated carbocycles. The largest absolute Gasteiger partial charge is 0.390 e. The number of nitrogens with zero attached hydrogens (tertiary/aromatic N) is 1. The standard InChI is InChI=1S/C22H28FNO3/c1-12(25)19-13(11-24)8-17-16-5-4-14-9-15(26)6-7-21(14,3)22(16,23)18(27)10-20(17,19)2/h9,13,16-19,27H,4-8,10H2,1-3H3/t13?,16-,17-,18?,19-,20-,21-,22-/m0/s1. The van der Waals surface area contributed by atoms with E-state index in [2.05, 4.69) is 6.07 Å². The van der Waals surface area contributed by atoms with Gasteiger partial charge in [0, 0.05) is 23.7 Å². The van der Waals surface area contributed by atoms with Crippen molar-refractivity contribution in [2.75, 3.05) is 0 Å². The van der Waals surface area contributed by atoms with Gasteiger partial charge < -0.3 is 5.11 Å². The highest BCUT2D eigenvalue weighted by Gasteiger charge is 2.72. The van der Waals surface area contributed by atoms with Gasteiger partial charge in [0.15, 0.2) is 5.78 Å². The first-order valence-corrected chi connectivity index (χ1v) is 10.1. The monoisotopic (exact) mass is 373 g/mol. The van der Waals surface area contributed by atoms with E-state index in [-0.39, 0.29) is 29.8 Å². The van der Waals surface area contributed by atoms with Crippen LogP contribution in [-0.2, 0) is 9.59 Å². The number of hydrogen-bond acceptors (Lipinski definition) is 4. The second-order valence-corrected chi connectivity index (χ2v) is 9.77. The molecule has 5 heteroatoms. The first kappa shape index (κ1) is 18.8. The number of Topliss-reactive ketones (excluding diaryl/α,β-unsaturated/α-hetero) is 1. The predicted molar refractivity (Wildman–Crippen MR) is 97.1 cm³/mol. The van der Waals surface area contributed by atoms with Crippen molar-refractivity contribution in [3.8, 4) is 6.07 Å². The molecule has 0 aromatic heterocycles. The number of aliphatic hydroxyl groups excluding tert-OH is 1. The quantitative estimate of drug-likeness (QED) is 0.763. The van der Waals surface area contributed by atoms with Gasteiger partial charge in [-0.2, -0.15) is 5.26 Å². The number of carbonyl (C=O) groups excluding carboxylic acids is 2. The van der Waals surface area contributed by atoms with Crippen molar-refractivity contribution in [2.45, 2.75) is 71.1 Å². The van der Waals surface area contributed by atoms with Crippen molar-refractivity contribution in [3.05, 3.63) is 11.6 Å². The Hall–Kier alpha value is -1.54. The van der Waals surface area contributed by atoms with Crippen molar-refractivity contribution in [2.24, 2.45) is 34.5 Å². The fourth-order valence-corrected chi connectivity index (χ4v) is 7.50. The SMILES string of the molecule is CC(=O)[C@H]1C(C#N)C[C@H]2[C@@H]3CCC4=CC(=O)CC[C@]4(C)[C@@]3(F)C(O)C[C@]12C. The second kappa shape index (κ2) is 5.73. The molecule has 0 heterocycles. The lowest BCUT2D eigenvalue weighted by Gasteiger charge is -2.62. The first-order chi connectivity index (χ1) is 12.6. The maximum Gasteiger partial charge on any atom is 0.155 e. The summed E-state index contributed by atoms with van der Waals surface area (Å²) in [6, 6.07) is 2.29. The summed E-state index contributed by atoms with van der Waals surface area (Å²) in [4.78, 5) is 24.3. The van der Waals surface area contributed by atoms with E-state index in [9.17, 15) is 20.0 Å². The molecule has 0 aromatic carbocycles. The van der Waals surface area contributed by atoms with Gasteiger partial charge in [0.05, 0.1) is 18.1 Å². The van der Waals surface area contributed by atoms with E-state index in [0.717, 1.165) is 5.57 Å². The molecule has 4 nitrogen and oxygen atoms in total. The van der Waals surface area contributed by atoms with E-state index in [1.807, 2.05) is 13.8 Å². The third-order valence-electron chi connectivity index (χ3n) is 8.70. The van der Waals surface area contributed by atoms with Gasteiger partial charge in [0.1, 0.15) is 11.5 Å². The Morgan fingerprint density at radius 2 is 2.04 bits per heavy atom. The van der Waals surface area contributed by atoms with Crippen molar-refractivity contribution in [1.29, 1.82) is 5.26 Å². The van der Waals surface area contributed by atoms with Crippen LogP contribution in [0.5, 0.6) is 0 Å². The Kier molecular flexibility index (Phi) is 3.99. The molecule has 4 rings (SSSR count). The summed E-state index contributed by atoms with van der Waals surface area (Å²) in [5.41, 5.74) is -2.37. The molecule has 0 bridgehead atoms. The molecule has 3 fully saturated rings. The lowest BCUT2D eigenvalue weighted by molar-refractivity contribution is -0.208. The van der Waals surface area contributed by atoms with E-state index in [4.69, 9.17) is 0 Å². The lowest BCUT2D eigenvalue weighted by Crippen LogP contribution is -2.67. The smallest absolute Gasteiger partial charge is 0.155 e. The van der Waals surface area contributed by atoms with Crippen LogP contribution in [0.4, 0.5) is 4.39 Å². The van der Waals surface area contributed by atoms with E-state index in [1.165, 1.54) is 6.92 Å². The normalized spacial score (nSPS) is 51.5. The van der Waals surface area contributed by atoms with Gasteiger partial charge >= 0.3 is 0 Å². The van der Waals surface area contributed by atoms with Crippen LogP contribution in [0.25, 0.3) is 0 Å².